The van der Waals surface area contributed by atoms with E-state index in [1.165, 1.54) is 38.4 Å². The normalized spacial score (nSPS) is 12.9. The summed E-state index contributed by atoms with van der Waals surface area (Å²) in [5.74, 6) is 0.544. The van der Waals surface area contributed by atoms with E-state index in [4.69, 9.17) is 9.47 Å². The Morgan fingerprint density at radius 3 is 1.37 bits per heavy atom. The number of benzene rings is 7. The molecular weight excluding hydrogens is 1360 g/mol. The van der Waals surface area contributed by atoms with Crippen molar-refractivity contribution in [1.29, 1.82) is 0 Å². The van der Waals surface area contributed by atoms with Crippen LogP contribution >= 0.6 is 47.8 Å². The number of aryl methyl sites for hydroxylation is 2. The number of hydrogen-bond donors (Lipinski definition) is 7. The summed E-state index contributed by atoms with van der Waals surface area (Å²) in [6.07, 6.45) is 3.35. The molecule has 17 nitrogen and oxygen atoms in total. The molecule has 0 unspecified atom stereocenters. The van der Waals surface area contributed by atoms with Crippen molar-refractivity contribution in [3.8, 4) is 11.5 Å². The second-order valence-corrected chi connectivity index (χ2v) is 23.1. The van der Waals surface area contributed by atoms with Crippen molar-refractivity contribution in [2.24, 2.45) is 5.73 Å². The summed E-state index contributed by atoms with van der Waals surface area (Å²) >= 11 is 9.94. The van der Waals surface area contributed by atoms with E-state index in [0.717, 1.165) is 133 Å². The molecule has 4 heterocycles. The topological polar surface area (TPSA) is 218 Å². The number of nitrogens with two attached hydrogens (primary N) is 1. The molecule has 91 heavy (non-hydrogen) atoms. The SMILES string of the molecule is CC.CN.CNc1cc(Br)c2c(c1)CCN(Cc1ccc(OC)cc1)C2=O.CNc1cc(C)c2c(c1)CCNC2=O.CNc1cc2c(c(NC)c1)C(=O)NCC2.COC(=O)c1c(C)cc(F)cc1Br.COc1ccc(CN2CCc3cc(F)cc(Br)c3C2=O)cc1. The standard InChI is InChI=1S/C18H19BrN2O2.C17H15BrFNO2.C11H15N3O.C11H14N2O.C9H8BrFO2.C2H6.CH5N/c1-20-14-9-13-7-8-21(18(22)17(13)16(19)10-14)11-12-3-5-15(23-2)6-4-12;1-22-14-4-2-11(3-5-14)10-20-7-6-12-8-13(19)9-15(18)16(12)17(20)21;1-12-8-5-7-3-4-14-11(15)10(7)9(6-8)13-2;1-7-5-9(12-2)6-8-3-4-13-11(14)10(7)8;1-5-3-6(11)4-7(10)8(5)9(12)13-2;2*1-2/h3-6,9-10,20H,7-8,11H2,1-2H3;2-5,8-9H,6-7,10H2,1H3;5-6,12-13H,3-4H2,1-2H3,(H,14,15);5-6,12H,3-4H2,1-2H3,(H,13,14);3-4H,1-2H3;1-2H3;2H2,1H3. The highest BCUT2D eigenvalue weighted by molar-refractivity contribution is 9.11. The minimum Gasteiger partial charge on any atom is -0.497 e. The van der Waals surface area contributed by atoms with E-state index in [1.54, 1.807) is 26.0 Å². The fraction of sp³-hybridized carbons (Fsp3) is 0.319. The van der Waals surface area contributed by atoms with Crippen molar-refractivity contribution in [2.75, 3.05) is 104 Å². The molecule has 0 saturated heterocycles. The number of carbonyl (C=O) groups is 5. The van der Waals surface area contributed by atoms with Crippen LogP contribution in [0.2, 0.25) is 0 Å². The highest BCUT2D eigenvalue weighted by Crippen LogP contribution is 2.33. The average molecular weight is 1440 g/mol. The first-order chi connectivity index (χ1) is 43.7. The monoisotopic (exact) mass is 1440 g/mol. The average Bonchev–Trinajstić information content (AvgIpc) is 1.02. The molecule has 0 fully saturated rings. The first kappa shape index (κ1) is 73.7. The van der Waals surface area contributed by atoms with Gasteiger partial charge in [-0.05, 0) is 224 Å². The number of ether oxygens (including phenoxy) is 3. The van der Waals surface area contributed by atoms with Crippen LogP contribution in [0, 0.1) is 25.5 Å². The van der Waals surface area contributed by atoms with Gasteiger partial charge in [-0.1, -0.05) is 38.1 Å². The van der Waals surface area contributed by atoms with E-state index < -0.39 is 5.97 Å². The van der Waals surface area contributed by atoms with E-state index in [1.807, 2.05) is 127 Å². The van der Waals surface area contributed by atoms with Crippen LogP contribution in [0.4, 0.5) is 31.5 Å². The van der Waals surface area contributed by atoms with E-state index in [0.29, 0.717) is 51.7 Å². The maximum absolute atomic E-state index is 13.4. The molecule has 0 aliphatic carbocycles. The van der Waals surface area contributed by atoms with Crippen molar-refractivity contribution >= 4 is 100 Å². The molecule has 0 aromatic heterocycles. The maximum Gasteiger partial charge on any atom is 0.339 e. The molecule has 0 atom stereocenters. The number of hydrogen-bond acceptors (Lipinski definition) is 13. The number of halogens is 5. The van der Waals surface area contributed by atoms with Crippen molar-refractivity contribution in [1.82, 2.24) is 20.4 Å². The maximum atomic E-state index is 13.4. The Bertz CT molecular complexity index is 3630. The summed E-state index contributed by atoms with van der Waals surface area (Å²) in [4.78, 5) is 63.6. The Morgan fingerprint density at radius 2 is 0.923 bits per heavy atom. The van der Waals surface area contributed by atoms with Gasteiger partial charge in [-0.3, -0.25) is 19.2 Å². The van der Waals surface area contributed by atoms with Crippen LogP contribution in [0.25, 0.3) is 0 Å². The molecule has 0 bridgehead atoms. The third-order valence-corrected chi connectivity index (χ3v) is 16.8. The number of nitrogens with zero attached hydrogens (tertiary/aromatic N) is 2. The molecule has 11 rings (SSSR count). The molecule has 0 spiro atoms. The number of methoxy groups -OCH3 is 3. The van der Waals surface area contributed by atoms with Crippen LogP contribution in [-0.2, 0) is 43.5 Å². The van der Waals surface area contributed by atoms with E-state index in [2.05, 4.69) is 102 Å². The fourth-order valence-corrected chi connectivity index (χ4v) is 12.4. The van der Waals surface area contributed by atoms with Crippen LogP contribution in [0.1, 0.15) is 110 Å². The van der Waals surface area contributed by atoms with Crippen LogP contribution < -0.4 is 47.1 Å². The lowest BCUT2D eigenvalue weighted by Gasteiger charge is -2.29. The molecule has 7 aromatic rings. The number of anilines is 4. The second-order valence-electron chi connectivity index (χ2n) is 20.5. The van der Waals surface area contributed by atoms with Gasteiger partial charge in [-0.25, -0.2) is 13.6 Å². The number of carbonyl (C=O) groups excluding carboxylic acids is 5. The number of nitrogens with one attached hydrogen (secondary N) is 6. The Labute approximate surface area is 558 Å². The molecule has 4 aliphatic rings. The molecule has 4 amide bonds. The lowest BCUT2D eigenvalue weighted by atomic mass is 9.95. The highest BCUT2D eigenvalue weighted by Gasteiger charge is 2.29. The van der Waals surface area contributed by atoms with Gasteiger partial charge in [0.15, 0.2) is 0 Å². The fourth-order valence-electron chi connectivity index (χ4n) is 10.4. The number of amides is 4. The minimum absolute atomic E-state index is 0.0169. The van der Waals surface area contributed by atoms with Crippen LogP contribution in [-0.4, -0.2) is 122 Å². The van der Waals surface area contributed by atoms with Crippen molar-refractivity contribution in [3.05, 3.63) is 207 Å². The summed E-state index contributed by atoms with van der Waals surface area (Å²) < 4.78 is 42.9. The molecule has 0 radical (unpaired) electrons. The van der Waals surface area contributed by atoms with Gasteiger partial charge in [-0.15, -0.1) is 0 Å². The van der Waals surface area contributed by atoms with E-state index in [9.17, 15) is 32.8 Å². The predicted molar refractivity (Wildman–Crippen MR) is 371 cm³/mol. The van der Waals surface area contributed by atoms with Gasteiger partial charge >= 0.3 is 5.97 Å². The Balaban J connectivity index is 0.000000207. The Morgan fingerprint density at radius 1 is 0.516 bits per heavy atom. The van der Waals surface area contributed by atoms with Gasteiger partial charge in [0, 0.05) is 109 Å². The Kier molecular flexibility index (Phi) is 29.2. The molecule has 0 saturated carbocycles. The zero-order valence-corrected chi connectivity index (χ0v) is 58.3. The smallest absolute Gasteiger partial charge is 0.339 e. The molecule has 4 aliphatic heterocycles. The Hall–Kier alpha value is -8.05. The van der Waals surface area contributed by atoms with Crippen LogP contribution in [0.15, 0.2) is 123 Å². The molecule has 486 valence electrons. The van der Waals surface area contributed by atoms with Gasteiger partial charge in [0.25, 0.3) is 23.6 Å². The summed E-state index contributed by atoms with van der Waals surface area (Å²) in [6.45, 7) is 11.6. The van der Waals surface area contributed by atoms with Gasteiger partial charge in [0.05, 0.1) is 43.6 Å². The van der Waals surface area contributed by atoms with Crippen LogP contribution in [0.5, 0.6) is 11.5 Å². The van der Waals surface area contributed by atoms with Gasteiger partial charge < -0.3 is 61.6 Å². The third-order valence-electron chi connectivity index (χ3n) is 14.9. The van der Waals surface area contributed by atoms with E-state index in [-0.39, 0.29) is 35.3 Å². The van der Waals surface area contributed by atoms with Gasteiger partial charge in [0.2, 0.25) is 0 Å². The molecular formula is C69H82Br3F2N9O8. The quantitative estimate of drug-likeness (QED) is 0.0601. The summed E-state index contributed by atoms with van der Waals surface area (Å²) in [7, 11) is 13.5. The second kappa shape index (κ2) is 36.1. The zero-order chi connectivity index (χ0) is 67.1. The number of rotatable bonds is 11. The predicted octanol–water partition coefficient (Wildman–Crippen LogP) is 13.2. The van der Waals surface area contributed by atoms with Crippen LogP contribution in [0.3, 0.4) is 0 Å². The highest BCUT2D eigenvalue weighted by atomic mass is 79.9. The largest absolute Gasteiger partial charge is 0.497 e. The third kappa shape index (κ3) is 19.5. The number of fused-ring (bicyclic) bond motifs is 4. The van der Waals surface area contributed by atoms with Gasteiger partial charge in [-0.2, -0.15) is 0 Å². The number of esters is 1. The minimum atomic E-state index is -0.468. The molecule has 22 heteroatoms. The first-order valence-electron chi connectivity index (χ1n) is 29.6. The van der Waals surface area contributed by atoms with Crippen molar-refractivity contribution in [3.63, 3.8) is 0 Å². The summed E-state index contributed by atoms with van der Waals surface area (Å²) in [6, 6.07) is 32.9. The van der Waals surface area contributed by atoms with E-state index >= 15 is 0 Å². The molecule has 7 aromatic carbocycles. The zero-order valence-electron chi connectivity index (χ0n) is 53.6. The van der Waals surface area contributed by atoms with Crippen molar-refractivity contribution in [2.45, 2.75) is 66.5 Å². The van der Waals surface area contributed by atoms with Crippen molar-refractivity contribution < 1.29 is 47.0 Å². The lowest BCUT2D eigenvalue weighted by molar-refractivity contribution is 0.0597. The molecule has 8 N–H and O–H groups in total. The summed E-state index contributed by atoms with van der Waals surface area (Å²) in [5, 5.41) is 18.1. The first-order valence-corrected chi connectivity index (χ1v) is 32.0. The van der Waals surface area contributed by atoms with Gasteiger partial charge in [0.1, 0.15) is 23.1 Å². The summed E-state index contributed by atoms with van der Waals surface area (Å²) in [5.41, 5.74) is 19.7. The lowest BCUT2D eigenvalue weighted by Crippen LogP contribution is -2.37.